The fourth-order valence-corrected chi connectivity index (χ4v) is 2.03. The summed E-state index contributed by atoms with van der Waals surface area (Å²) < 4.78 is 5.10. The maximum absolute atomic E-state index is 12.0. The molecule has 0 saturated heterocycles. The normalized spacial score (nSPS) is 11.2. The first-order chi connectivity index (χ1) is 7.95. The Hall–Kier alpha value is -1.36. The van der Waals surface area contributed by atoms with Crippen molar-refractivity contribution in [2.75, 3.05) is 0 Å². The Morgan fingerprint density at radius 2 is 2.12 bits per heavy atom. The summed E-state index contributed by atoms with van der Waals surface area (Å²) >= 11 is 5.04. The average Bonchev–Trinajstić information content (AvgIpc) is 2.72. The third-order valence-corrected chi connectivity index (χ3v) is 3.42. The number of aryl methyl sites for hydroxylation is 1. The summed E-state index contributed by atoms with van der Waals surface area (Å²) in [5.74, 6) is 0.488. The number of nitrogens with two attached hydrogens (primary N) is 1. The fraction of sp³-hybridized carbons (Fsp3) is 0.500. The van der Waals surface area contributed by atoms with E-state index in [0.29, 0.717) is 29.2 Å². The number of nitrogens with one attached hydrogen (secondary N) is 1. The van der Waals surface area contributed by atoms with E-state index in [2.05, 4.69) is 5.32 Å². The van der Waals surface area contributed by atoms with Crippen LogP contribution in [0.3, 0.4) is 0 Å². The highest BCUT2D eigenvalue weighted by atomic mass is 32.1. The molecular weight excluding hydrogens is 236 g/mol. The number of carbonyl (C=O) groups is 1. The summed E-state index contributed by atoms with van der Waals surface area (Å²) in [7, 11) is 0. The van der Waals surface area contributed by atoms with Gasteiger partial charge in [-0.1, -0.05) is 26.1 Å². The molecule has 0 radical (unpaired) electrons. The molecule has 17 heavy (non-hydrogen) atoms. The van der Waals surface area contributed by atoms with Crippen LogP contribution in [0.5, 0.6) is 0 Å². The van der Waals surface area contributed by atoms with Gasteiger partial charge in [0.1, 0.15) is 12.0 Å². The van der Waals surface area contributed by atoms with Crippen LogP contribution >= 0.6 is 12.2 Å². The van der Waals surface area contributed by atoms with Gasteiger partial charge in [-0.3, -0.25) is 4.79 Å². The van der Waals surface area contributed by atoms with E-state index in [9.17, 15) is 4.79 Å². The molecule has 0 aliphatic heterocycles. The minimum atomic E-state index is -0.614. The first-order valence-corrected chi connectivity index (χ1v) is 6.03. The Balaban J connectivity index is 2.88. The number of hydrogen-bond acceptors (Lipinski definition) is 3. The van der Waals surface area contributed by atoms with Gasteiger partial charge in [-0.25, -0.2) is 0 Å². The summed E-state index contributed by atoms with van der Waals surface area (Å²) in [4.78, 5) is 12.3. The maximum atomic E-state index is 12.0. The molecule has 0 aliphatic rings. The molecule has 0 unspecified atom stereocenters. The molecule has 0 atom stereocenters. The summed E-state index contributed by atoms with van der Waals surface area (Å²) in [6.07, 6.45) is 2.77. The van der Waals surface area contributed by atoms with Gasteiger partial charge in [0.2, 0.25) is 0 Å². The summed E-state index contributed by atoms with van der Waals surface area (Å²) in [6, 6.07) is 1.69. The second kappa shape index (κ2) is 5.31. The first kappa shape index (κ1) is 13.7. The first-order valence-electron chi connectivity index (χ1n) is 5.62. The Kier molecular flexibility index (Phi) is 4.28. The maximum Gasteiger partial charge on any atom is 0.255 e. The lowest BCUT2D eigenvalue weighted by Gasteiger charge is -2.31. The Morgan fingerprint density at radius 3 is 2.47 bits per heavy atom. The van der Waals surface area contributed by atoms with E-state index < -0.39 is 5.54 Å². The molecule has 94 valence electrons. The molecule has 1 aromatic rings. The van der Waals surface area contributed by atoms with Gasteiger partial charge in [-0.15, -0.1) is 0 Å². The van der Waals surface area contributed by atoms with Gasteiger partial charge in [-0.05, 0) is 25.8 Å². The Labute approximate surface area is 107 Å². The monoisotopic (exact) mass is 254 g/mol. The van der Waals surface area contributed by atoms with Gasteiger partial charge in [0.25, 0.3) is 5.91 Å². The van der Waals surface area contributed by atoms with Crippen LogP contribution in [0.4, 0.5) is 0 Å². The smallest absolute Gasteiger partial charge is 0.255 e. The van der Waals surface area contributed by atoms with E-state index in [-0.39, 0.29) is 5.91 Å². The van der Waals surface area contributed by atoms with E-state index in [0.717, 1.165) is 0 Å². The third kappa shape index (κ3) is 2.85. The van der Waals surface area contributed by atoms with Crippen molar-refractivity contribution in [3.63, 3.8) is 0 Å². The van der Waals surface area contributed by atoms with Gasteiger partial charge in [0.05, 0.1) is 16.1 Å². The predicted molar refractivity (Wildman–Crippen MR) is 71.0 cm³/mol. The standard InChI is InChI=1S/C12H18N2O2S/c1-4-12(5-2,11(13)17)14-10(15)9-6-8(3)16-7-9/h6-7H,4-5H2,1-3H3,(H2,13,17)(H,14,15). The molecule has 0 aliphatic carbocycles. The van der Waals surface area contributed by atoms with E-state index in [1.807, 2.05) is 13.8 Å². The van der Waals surface area contributed by atoms with Crippen LogP contribution in [-0.4, -0.2) is 16.4 Å². The van der Waals surface area contributed by atoms with Crippen LogP contribution < -0.4 is 11.1 Å². The number of furan rings is 1. The fourth-order valence-electron chi connectivity index (χ4n) is 1.69. The van der Waals surface area contributed by atoms with Crippen LogP contribution in [0.1, 0.15) is 42.8 Å². The van der Waals surface area contributed by atoms with Crippen LogP contribution in [0.25, 0.3) is 0 Å². The molecule has 0 bridgehead atoms. The SMILES string of the molecule is CCC(CC)(NC(=O)c1coc(C)c1)C(N)=S. The zero-order valence-corrected chi connectivity index (χ0v) is 11.2. The Morgan fingerprint density at radius 1 is 1.53 bits per heavy atom. The van der Waals surface area contributed by atoms with Crippen LogP contribution in [0, 0.1) is 6.92 Å². The van der Waals surface area contributed by atoms with Gasteiger partial charge in [-0.2, -0.15) is 0 Å². The highest BCUT2D eigenvalue weighted by Crippen LogP contribution is 2.17. The summed E-state index contributed by atoms with van der Waals surface area (Å²) in [5, 5.41) is 2.89. The molecule has 5 heteroatoms. The van der Waals surface area contributed by atoms with E-state index in [4.69, 9.17) is 22.4 Å². The molecule has 0 saturated carbocycles. The highest BCUT2D eigenvalue weighted by Gasteiger charge is 2.31. The van der Waals surface area contributed by atoms with E-state index >= 15 is 0 Å². The van der Waals surface area contributed by atoms with Crippen molar-refractivity contribution in [1.29, 1.82) is 0 Å². The zero-order valence-electron chi connectivity index (χ0n) is 10.4. The number of rotatable bonds is 5. The van der Waals surface area contributed by atoms with Gasteiger partial charge in [0, 0.05) is 0 Å². The summed E-state index contributed by atoms with van der Waals surface area (Å²) in [5.41, 5.74) is 5.59. The van der Waals surface area contributed by atoms with Crippen LogP contribution in [0.2, 0.25) is 0 Å². The largest absolute Gasteiger partial charge is 0.469 e. The lowest BCUT2D eigenvalue weighted by Crippen LogP contribution is -2.55. The number of carbonyl (C=O) groups excluding carboxylic acids is 1. The van der Waals surface area contributed by atoms with Crippen molar-refractivity contribution in [3.05, 3.63) is 23.7 Å². The third-order valence-electron chi connectivity index (χ3n) is 3.02. The number of amides is 1. The van der Waals surface area contributed by atoms with Gasteiger partial charge >= 0.3 is 0 Å². The van der Waals surface area contributed by atoms with E-state index in [1.54, 1.807) is 13.0 Å². The zero-order chi connectivity index (χ0) is 13.1. The van der Waals surface area contributed by atoms with Crippen molar-refractivity contribution in [2.45, 2.75) is 39.2 Å². The summed E-state index contributed by atoms with van der Waals surface area (Å²) in [6.45, 7) is 5.68. The van der Waals surface area contributed by atoms with Gasteiger partial charge < -0.3 is 15.5 Å². The lowest BCUT2D eigenvalue weighted by molar-refractivity contribution is 0.0919. The molecule has 3 N–H and O–H groups in total. The molecule has 1 heterocycles. The highest BCUT2D eigenvalue weighted by molar-refractivity contribution is 7.80. The van der Waals surface area contributed by atoms with Crippen LogP contribution in [0.15, 0.2) is 16.7 Å². The second-order valence-electron chi connectivity index (χ2n) is 4.05. The molecular formula is C12H18N2O2S. The van der Waals surface area contributed by atoms with Crippen molar-refractivity contribution in [3.8, 4) is 0 Å². The molecule has 0 spiro atoms. The minimum absolute atomic E-state index is 0.210. The van der Waals surface area contributed by atoms with Crippen molar-refractivity contribution < 1.29 is 9.21 Å². The molecule has 1 aromatic heterocycles. The van der Waals surface area contributed by atoms with Crippen molar-refractivity contribution in [1.82, 2.24) is 5.32 Å². The van der Waals surface area contributed by atoms with Gasteiger partial charge in [0.15, 0.2) is 0 Å². The van der Waals surface area contributed by atoms with Crippen molar-refractivity contribution in [2.24, 2.45) is 5.73 Å². The average molecular weight is 254 g/mol. The minimum Gasteiger partial charge on any atom is -0.469 e. The molecule has 1 amide bonds. The van der Waals surface area contributed by atoms with E-state index in [1.165, 1.54) is 6.26 Å². The Bertz CT molecular complexity index is 422. The molecule has 0 aromatic carbocycles. The number of hydrogen-bond donors (Lipinski definition) is 2. The topological polar surface area (TPSA) is 68.3 Å². The molecule has 4 nitrogen and oxygen atoms in total. The lowest BCUT2D eigenvalue weighted by atomic mass is 9.92. The second-order valence-corrected chi connectivity index (χ2v) is 4.49. The predicted octanol–water partition coefficient (Wildman–Crippen LogP) is 2.16. The van der Waals surface area contributed by atoms with Crippen molar-refractivity contribution >= 4 is 23.1 Å². The quantitative estimate of drug-likeness (QED) is 0.790. The van der Waals surface area contributed by atoms with Crippen LogP contribution in [-0.2, 0) is 0 Å². The molecule has 1 rings (SSSR count). The number of thiocarbonyl (C=S) groups is 1. The molecule has 0 fully saturated rings.